The highest BCUT2D eigenvalue weighted by Gasteiger charge is 2.12. The second-order valence-electron chi connectivity index (χ2n) is 4.21. The molecule has 0 spiro atoms. The van der Waals surface area contributed by atoms with Crippen LogP contribution in [-0.2, 0) is 0 Å². The molecule has 1 rings (SSSR count). The normalized spacial score (nSPS) is 20.1. The van der Waals surface area contributed by atoms with E-state index < -0.39 is 0 Å². The Kier molecular flexibility index (Phi) is 6.15. The molecule has 1 aliphatic heterocycles. The summed E-state index contributed by atoms with van der Waals surface area (Å²) in [4.78, 5) is 5.00. The first kappa shape index (κ1) is 12.0. The third-order valence-corrected chi connectivity index (χ3v) is 2.92. The quantitative estimate of drug-likeness (QED) is 0.633. The topological polar surface area (TPSA) is 18.5 Å². The summed E-state index contributed by atoms with van der Waals surface area (Å²) in [5.41, 5.74) is 0. The van der Waals surface area contributed by atoms with Crippen molar-refractivity contribution in [1.29, 1.82) is 0 Å². The maximum atomic E-state index is 3.37. The molecule has 1 fully saturated rings. The van der Waals surface area contributed by atoms with Gasteiger partial charge in [-0.25, -0.2) is 0 Å². The molecule has 0 aromatic carbocycles. The fourth-order valence-corrected chi connectivity index (χ4v) is 1.83. The van der Waals surface area contributed by atoms with E-state index >= 15 is 0 Å². The van der Waals surface area contributed by atoms with Gasteiger partial charge in [-0.2, -0.15) is 0 Å². The summed E-state index contributed by atoms with van der Waals surface area (Å²) in [6, 6.07) is 0. The first-order valence-electron chi connectivity index (χ1n) is 5.94. The van der Waals surface area contributed by atoms with Crippen molar-refractivity contribution in [2.75, 3.05) is 52.9 Å². The van der Waals surface area contributed by atoms with Crippen LogP contribution in [0.5, 0.6) is 0 Å². The van der Waals surface area contributed by atoms with Gasteiger partial charge in [0.2, 0.25) is 0 Å². The fraction of sp³-hybridized carbons (Fsp3) is 1.00. The molecule has 0 bridgehead atoms. The summed E-state index contributed by atoms with van der Waals surface area (Å²) in [7, 11) is 2.21. The Morgan fingerprint density at radius 1 is 1.07 bits per heavy atom. The molecule has 1 heterocycles. The first-order chi connectivity index (χ1) is 6.83. The molecule has 0 atom stereocenters. The maximum Gasteiger partial charge on any atom is 0.0110 e. The van der Waals surface area contributed by atoms with Gasteiger partial charge in [-0.05, 0) is 39.5 Å². The Bertz CT molecular complexity index is 130. The number of piperazine rings is 1. The van der Waals surface area contributed by atoms with Crippen LogP contribution in [-0.4, -0.2) is 62.7 Å². The molecule has 0 aromatic rings. The van der Waals surface area contributed by atoms with E-state index in [0.717, 1.165) is 6.54 Å². The first-order valence-corrected chi connectivity index (χ1v) is 5.94. The van der Waals surface area contributed by atoms with Gasteiger partial charge in [0.1, 0.15) is 0 Å². The van der Waals surface area contributed by atoms with Crippen molar-refractivity contribution in [2.45, 2.75) is 19.8 Å². The van der Waals surface area contributed by atoms with Crippen molar-refractivity contribution in [1.82, 2.24) is 15.1 Å². The number of nitrogens with one attached hydrogen (secondary N) is 1. The van der Waals surface area contributed by atoms with Gasteiger partial charge < -0.3 is 15.1 Å². The number of hydrogen-bond acceptors (Lipinski definition) is 3. The summed E-state index contributed by atoms with van der Waals surface area (Å²) < 4.78 is 0. The van der Waals surface area contributed by atoms with Crippen molar-refractivity contribution in [3.63, 3.8) is 0 Å². The zero-order valence-corrected chi connectivity index (χ0v) is 9.76. The van der Waals surface area contributed by atoms with Gasteiger partial charge in [0, 0.05) is 26.2 Å². The van der Waals surface area contributed by atoms with E-state index in [9.17, 15) is 0 Å². The van der Waals surface area contributed by atoms with Gasteiger partial charge in [0.25, 0.3) is 0 Å². The lowest BCUT2D eigenvalue weighted by Gasteiger charge is -2.32. The van der Waals surface area contributed by atoms with Crippen LogP contribution in [0.2, 0.25) is 0 Å². The van der Waals surface area contributed by atoms with Crippen LogP contribution >= 0.6 is 0 Å². The number of nitrogens with zero attached hydrogens (tertiary/aromatic N) is 2. The summed E-state index contributed by atoms with van der Waals surface area (Å²) in [5.74, 6) is 0. The van der Waals surface area contributed by atoms with E-state index in [4.69, 9.17) is 0 Å². The molecule has 14 heavy (non-hydrogen) atoms. The van der Waals surface area contributed by atoms with E-state index in [0.29, 0.717) is 0 Å². The number of rotatable bonds is 6. The average Bonchev–Trinajstić information content (AvgIpc) is 2.21. The molecule has 0 amide bonds. The molecule has 84 valence electrons. The molecule has 0 saturated carbocycles. The van der Waals surface area contributed by atoms with Gasteiger partial charge in [-0.1, -0.05) is 6.92 Å². The van der Waals surface area contributed by atoms with Crippen molar-refractivity contribution < 1.29 is 0 Å². The third kappa shape index (κ3) is 4.94. The number of hydrogen-bond donors (Lipinski definition) is 1. The molecule has 0 aliphatic carbocycles. The highest BCUT2D eigenvalue weighted by molar-refractivity contribution is 4.68. The van der Waals surface area contributed by atoms with Crippen LogP contribution in [0.15, 0.2) is 0 Å². The minimum absolute atomic E-state index is 1.11. The Balaban J connectivity index is 1.91. The zero-order chi connectivity index (χ0) is 10.2. The minimum atomic E-state index is 1.11. The molecular weight excluding hydrogens is 174 g/mol. The van der Waals surface area contributed by atoms with E-state index in [1.165, 1.54) is 52.1 Å². The van der Waals surface area contributed by atoms with Crippen molar-refractivity contribution in [3.05, 3.63) is 0 Å². The highest BCUT2D eigenvalue weighted by atomic mass is 15.2. The molecule has 0 aromatic heterocycles. The lowest BCUT2D eigenvalue weighted by Crippen LogP contribution is -2.44. The number of likely N-dealkylation sites (N-methyl/N-ethyl adjacent to an activating group) is 1. The second-order valence-corrected chi connectivity index (χ2v) is 4.21. The van der Waals surface area contributed by atoms with Crippen LogP contribution in [0.4, 0.5) is 0 Å². The summed E-state index contributed by atoms with van der Waals surface area (Å²) in [5, 5.41) is 3.37. The van der Waals surface area contributed by atoms with Crippen LogP contribution < -0.4 is 5.32 Å². The van der Waals surface area contributed by atoms with Gasteiger partial charge in [-0.15, -0.1) is 0 Å². The molecular formula is C11H25N3. The van der Waals surface area contributed by atoms with Gasteiger partial charge in [0.15, 0.2) is 0 Å². The van der Waals surface area contributed by atoms with Crippen LogP contribution in [0, 0.1) is 0 Å². The second kappa shape index (κ2) is 7.21. The average molecular weight is 199 g/mol. The smallest absolute Gasteiger partial charge is 0.0110 e. The summed E-state index contributed by atoms with van der Waals surface area (Å²) in [6.45, 7) is 10.8. The standard InChI is InChI=1S/C11H25N3/c1-3-12-6-4-5-7-14-10-8-13(2)9-11-14/h12H,3-11H2,1-2H3. The molecule has 1 N–H and O–H groups in total. The Labute approximate surface area is 88.5 Å². The van der Waals surface area contributed by atoms with Crippen molar-refractivity contribution in [3.8, 4) is 0 Å². The summed E-state index contributed by atoms with van der Waals surface area (Å²) >= 11 is 0. The van der Waals surface area contributed by atoms with E-state index in [-0.39, 0.29) is 0 Å². The van der Waals surface area contributed by atoms with Crippen LogP contribution in [0.25, 0.3) is 0 Å². The van der Waals surface area contributed by atoms with Gasteiger partial charge in [-0.3, -0.25) is 0 Å². The Hall–Kier alpha value is -0.120. The van der Waals surface area contributed by atoms with E-state index in [2.05, 4.69) is 29.1 Å². The van der Waals surface area contributed by atoms with Crippen molar-refractivity contribution >= 4 is 0 Å². The van der Waals surface area contributed by atoms with E-state index in [1.54, 1.807) is 0 Å². The molecule has 3 heteroatoms. The number of unbranched alkanes of at least 4 members (excludes halogenated alkanes) is 1. The predicted molar refractivity (Wildman–Crippen MR) is 61.7 cm³/mol. The zero-order valence-electron chi connectivity index (χ0n) is 9.76. The largest absolute Gasteiger partial charge is 0.317 e. The van der Waals surface area contributed by atoms with Gasteiger partial charge >= 0.3 is 0 Å². The predicted octanol–water partition coefficient (Wildman–Crippen LogP) is 0.624. The minimum Gasteiger partial charge on any atom is -0.317 e. The lowest BCUT2D eigenvalue weighted by molar-refractivity contribution is 0.152. The van der Waals surface area contributed by atoms with Crippen molar-refractivity contribution in [2.24, 2.45) is 0 Å². The van der Waals surface area contributed by atoms with Gasteiger partial charge in [0.05, 0.1) is 0 Å². The molecule has 1 aliphatic rings. The SMILES string of the molecule is CCNCCCCN1CCN(C)CC1. The fourth-order valence-electron chi connectivity index (χ4n) is 1.83. The molecule has 0 unspecified atom stereocenters. The Morgan fingerprint density at radius 3 is 2.43 bits per heavy atom. The highest BCUT2D eigenvalue weighted by Crippen LogP contribution is 2.00. The van der Waals surface area contributed by atoms with Crippen LogP contribution in [0.3, 0.4) is 0 Å². The monoisotopic (exact) mass is 199 g/mol. The maximum absolute atomic E-state index is 3.37. The van der Waals surface area contributed by atoms with E-state index in [1.807, 2.05) is 0 Å². The molecule has 1 saturated heterocycles. The molecule has 0 radical (unpaired) electrons. The Morgan fingerprint density at radius 2 is 1.79 bits per heavy atom. The van der Waals surface area contributed by atoms with Crippen LogP contribution in [0.1, 0.15) is 19.8 Å². The third-order valence-electron chi connectivity index (χ3n) is 2.92. The molecule has 3 nitrogen and oxygen atoms in total. The summed E-state index contributed by atoms with van der Waals surface area (Å²) in [6.07, 6.45) is 2.66. The lowest BCUT2D eigenvalue weighted by atomic mass is 10.2.